The van der Waals surface area contributed by atoms with Crippen LogP contribution in [0.5, 0.6) is 0 Å². The fourth-order valence-electron chi connectivity index (χ4n) is 2.05. The minimum Gasteiger partial charge on any atom is -0.397 e. The van der Waals surface area contributed by atoms with E-state index in [1.807, 2.05) is 25.1 Å². The van der Waals surface area contributed by atoms with Gasteiger partial charge in [0.05, 0.1) is 11.4 Å². The monoisotopic (exact) mass is 240 g/mol. The highest BCUT2D eigenvalue weighted by Gasteiger charge is 2.04. The van der Waals surface area contributed by atoms with Gasteiger partial charge in [-0.05, 0) is 68.1 Å². The lowest BCUT2D eigenvalue weighted by atomic mass is 10.0. The van der Waals surface area contributed by atoms with Crippen LogP contribution < -0.4 is 11.1 Å². The van der Waals surface area contributed by atoms with Crippen molar-refractivity contribution in [2.45, 2.75) is 27.7 Å². The second-order valence-corrected chi connectivity index (χ2v) is 4.90. The zero-order valence-corrected chi connectivity index (χ0v) is 11.5. The topological polar surface area (TPSA) is 38.0 Å². The molecule has 0 aliphatic heterocycles. The summed E-state index contributed by atoms with van der Waals surface area (Å²) in [5.74, 6) is 0. The largest absolute Gasteiger partial charge is 0.397 e. The molecule has 0 atom stereocenters. The van der Waals surface area contributed by atoms with E-state index in [4.69, 9.17) is 5.73 Å². The van der Waals surface area contributed by atoms with Crippen LogP contribution in [0.1, 0.15) is 22.3 Å². The maximum absolute atomic E-state index is 6.07. The Morgan fingerprint density at radius 3 is 2.11 bits per heavy atom. The van der Waals surface area contributed by atoms with Crippen LogP contribution in [-0.4, -0.2) is 0 Å². The van der Waals surface area contributed by atoms with Gasteiger partial charge in [-0.3, -0.25) is 0 Å². The number of hydrogen-bond donors (Lipinski definition) is 2. The molecule has 2 aromatic rings. The average Bonchev–Trinajstić information content (AvgIpc) is 2.32. The Kier molecular flexibility index (Phi) is 3.28. The molecular formula is C16H20N2. The normalized spacial score (nSPS) is 10.4. The van der Waals surface area contributed by atoms with E-state index >= 15 is 0 Å². The highest BCUT2D eigenvalue weighted by Crippen LogP contribution is 2.27. The highest BCUT2D eigenvalue weighted by atomic mass is 14.9. The van der Waals surface area contributed by atoms with Gasteiger partial charge in [-0.2, -0.15) is 0 Å². The van der Waals surface area contributed by atoms with Crippen molar-refractivity contribution in [2.24, 2.45) is 0 Å². The molecule has 0 amide bonds. The summed E-state index contributed by atoms with van der Waals surface area (Å²) >= 11 is 0. The summed E-state index contributed by atoms with van der Waals surface area (Å²) in [5, 5.41) is 3.40. The predicted molar refractivity (Wildman–Crippen MR) is 79.5 cm³/mol. The molecule has 3 N–H and O–H groups in total. The maximum Gasteiger partial charge on any atom is 0.0620 e. The van der Waals surface area contributed by atoms with Crippen LogP contribution >= 0.6 is 0 Å². The summed E-state index contributed by atoms with van der Waals surface area (Å²) in [6, 6.07) is 10.4. The number of anilines is 3. The Bertz CT molecular complexity index is 563. The molecule has 0 bridgehead atoms. The van der Waals surface area contributed by atoms with Crippen LogP contribution in [0, 0.1) is 27.7 Å². The Balaban J connectivity index is 2.37. The van der Waals surface area contributed by atoms with Crippen LogP contribution in [0.3, 0.4) is 0 Å². The fourth-order valence-corrected chi connectivity index (χ4v) is 2.05. The summed E-state index contributed by atoms with van der Waals surface area (Å²) < 4.78 is 0. The van der Waals surface area contributed by atoms with Gasteiger partial charge in [-0.25, -0.2) is 0 Å². The molecular weight excluding hydrogens is 220 g/mol. The van der Waals surface area contributed by atoms with Crippen LogP contribution in [0.2, 0.25) is 0 Å². The van der Waals surface area contributed by atoms with Crippen molar-refractivity contribution >= 4 is 17.1 Å². The molecule has 2 nitrogen and oxygen atoms in total. The summed E-state index contributed by atoms with van der Waals surface area (Å²) in [6.45, 7) is 8.43. The molecule has 18 heavy (non-hydrogen) atoms. The second kappa shape index (κ2) is 4.73. The molecule has 2 heteroatoms. The van der Waals surface area contributed by atoms with Gasteiger partial charge >= 0.3 is 0 Å². The summed E-state index contributed by atoms with van der Waals surface area (Å²) in [5.41, 5.74) is 14.0. The lowest BCUT2D eigenvalue weighted by molar-refractivity contribution is 1.26. The summed E-state index contributed by atoms with van der Waals surface area (Å²) in [4.78, 5) is 0. The van der Waals surface area contributed by atoms with Crippen molar-refractivity contribution in [3.05, 3.63) is 52.6 Å². The number of hydrogen-bond acceptors (Lipinski definition) is 2. The summed E-state index contributed by atoms with van der Waals surface area (Å²) in [6.07, 6.45) is 0. The number of aryl methyl sites for hydroxylation is 3. The third-order valence-corrected chi connectivity index (χ3v) is 3.53. The van der Waals surface area contributed by atoms with Gasteiger partial charge in [0.15, 0.2) is 0 Å². The molecule has 0 spiro atoms. The molecule has 0 fully saturated rings. The van der Waals surface area contributed by atoms with Crippen molar-refractivity contribution in [1.82, 2.24) is 0 Å². The Morgan fingerprint density at radius 1 is 0.889 bits per heavy atom. The minimum absolute atomic E-state index is 0.813. The SMILES string of the molecule is Cc1cc(Nc2cccc(C)c2N)cc(C)c1C. The van der Waals surface area contributed by atoms with Gasteiger partial charge in [0, 0.05) is 5.69 Å². The molecule has 2 aromatic carbocycles. The molecule has 0 heterocycles. The van der Waals surface area contributed by atoms with Gasteiger partial charge in [-0.15, -0.1) is 0 Å². The first-order valence-electron chi connectivity index (χ1n) is 6.19. The number of nitrogens with one attached hydrogen (secondary N) is 1. The summed E-state index contributed by atoms with van der Waals surface area (Å²) in [7, 11) is 0. The number of benzene rings is 2. The zero-order chi connectivity index (χ0) is 13.3. The Morgan fingerprint density at radius 2 is 1.50 bits per heavy atom. The molecule has 0 unspecified atom stereocenters. The van der Waals surface area contributed by atoms with E-state index in [-0.39, 0.29) is 0 Å². The van der Waals surface area contributed by atoms with E-state index in [0.29, 0.717) is 0 Å². The van der Waals surface area contributed by atoms with Crippen LogP contribution in [-0.2, 0) is 0 Å². The van der Waals surface area contributed by atoms with E-state index in [1.165, 1.54) is 16.7 Å². The lowest BCUT2D eigenvalue weighted by Crippen LogP contribution is -1.99. The Hall–Kier alpha value is -1.96. The van der Waals surface area contributed by atoms with Crippen LogP contribution in [0.15, 0.2) is 30.3 Å². The van der Waals surface area contributed by atoms with Crippen LogP contribution in [0.25, 0.3) is 0 Å². The number of rotatable bonds is 2. The van der Waals surface area contributed by atoms with E-state index < -0.39 is 0 Å². The average molecular weight is 240 g/mol. The van der Waals surface area contributed by atoms with Crippen molar-refractivity contribution < 1.29 is 0 Å². The van der Waals surface area contributed by atoms with E-state index in [9.17, 15) is 0 Å². The first-order valence-corrected chi connectivity index (χ1v) is 6.19. The standard InChI is InChI=1S/C16H20N2/c1-10-6-5-7-15(16(10)17)18-14-8-11(2)13(4)12(3)9-14/h5-9,18H,17H2,1-4H3. The van der Waals surface area contributed by atoms with Crippen LogP contribution in [0.4, 0.5) is 17.1 Å². The van der Waals surface area contributed by atoms with Gasteiger partial charge in [0.2, 0.25) is 0 Å². The van der Waals surface area contributed by atoms with E-state index in [2.05, 4.69) is 38.2 Å². The molecule has 0 aromatic heterocycles. The number of para-hydroxylation sites is 1. The minimum atomic E-state index is 0.813. The van der Waals surface area contributed by atoms with E-state index in [1.54, 1.807) is 0 Å². The van der Waals surface area contributed by atoms with Gasteiger partial charge in [0.1, 0.15) is 0 Å². The first-order chi connectivity index (χ1) is 8.49. The molecule has 0 saturated carbocycles. The third-order valence-electron chi connectivity index (χ3n) is 3.53. The molecule has 0 saturated heterocycles. The lowest BCUT2D eigenvalue weighted by Gasteiger charge is -2.14. The molecule has 0 aliphatic rings. The highest BCUT2D eigenvalue weighted by molar-refractivity contribution is 5.75. The predicted octanol–water partition coefficient (Wildman–Crippen LogP) is 4.25. The molecule has 0 aliphatic carbocycles. The van der Waals surface area contributed by atoms with Crippen molar-refractivity contribution in [3.63, 3.8) is 0 Å². The number of nitrogen functional groups attached to an aromatic ring is 1. The quantitative estimate of drug-likeness (QED) is 0.770. The fraction of sp³-hybridized carbons (Fsp3) is 0.250. The second-order valence-electron chi connectivity index (χ2n) is 4.90. The maximum atomic E-state index is 6.07. The zero-order valence-electron chi connectivity index (χ0n) is 11.5. The smallest absolute Gasteiger partial charge is 0.0620 e. The number of nitrogens with two attached hydrogens (primary N) is 1. The van der Waals surface area contributed by atoms with Gasteiger partial charge < -0.3 is 11.1 Å². The Labute approximate surface area is 109 Å². The molecule has 0 radical (unpaired) electrons. The third kappa shape index (κ3) is 2.33. The van der Waals surface area contributed by atoms with Crippen molar-refractivity contribution in [3.8, 4) is 0 Å². The molecule has 94 valence electrons. The first kappa shape index (κ1) is 12.5. The molecule has 2 rings (SSSR count). The van der Waals surface area contributed by atoms with Crippen molar-refractivity contribution in [1.29, 1.82) is 0 Å². The van der Waals surface area contributed by atoms with E-state index in [0.717, 1.165) is 22.6 Å². The van der Waals surface area contributed by atoms with Gasteiger partial charge in [0.25, 0.3) is 0 Å². The van der Waals surface area contributed by atoms with Crippen molar-refractivity contribution in [2.75, 3.05) is 11.1 Å². The van der Waals surface area contributed by atoms with Gasteiger partial charge in [-0.1, -0.05) is 12.1 Å².